The Morgan fingerprint density at radius 2 is 1.79 bits per heavy atom. The fraction of sp³-hybridized carbons (Fsp3) is 0.263. The second-order valence-electron chi connectivity index (χ2n) is 6.14. The van der Waals surface area contributed by atoms with E-state index < -0.39 is 11.9 Å². The van der Waals surface area contributed by atoms with Crippen LogP contribution < -0.4 is 25.4 Å². The molecule has 0 radical (unpaired) electrons. The molecule has 148 valence electrons. The van der Waals surface area contributed by atoms with Crippen molar-refractivity contribution in [3.8, 4) is 11.5 Å². The van der Waals surface area contributed by atoms with Gasteiger partial charge in [-0.2, -0.15) is 0 Å². The standard InChI is InChI=1S/C19H19Cl2N3O4/c1-11(12-2-4-14(20)15(21)8-12)22-10-18(25)24-19(26)23-13-3-5-16-17(9-13)28-7-6-27-16/h2-5,8-9,11,22H,6-7,10H2,1H3,(H2,23,24,25,26). The minimum Gasteiger partial charge on any atom is -0.486 e. The number of ether oxygens (including phenoxy) is 2. The minimum atomic E-state index is -0.634. The summed E-state index contributed by atoms with van der Waals surface area (Å²) >= 11 is 11.9. The van der Waals surface area contributed by atoms with Crippen LogP contribution in [-0.4, -0.2) is 31.7 Å². The van der Waals surface area contributed by atoms with Crippen molar-refractivity contribution >= 4 is 40.8 Å². The lowest BCUT2D eigenvalue weighted by molar-refractivity contribution is -0.119. The van der Waals surface area contributed by atoms with Gasteiger partial charge >= 0.3 is 6.03 Å². The van der Waals surface area contributed by atoms with Crippen molar-refractivity contribution in [2.45, 2.75) is 13.0 Å². The zero-order valence-corrected chi connectivity index (χ0v) is 16.6. The summed E-state index contributed by atoms with van der Waals surface area (Å²) in [5.74, 6) is 0.697. The van der Waals surface area contributed by atoms with Crippen molar-refractivity contribution in [1.82, 2.24) is 10.6 Å². The molecular weight excluding hydrogens is 405 g/mol. The molecule has 2 aromatic carbocycles. The number of amides is 3. The molecule has 1 aliphatic rings. The molecule has 0 bridgehead atoms. The van der Waals surface area contributed by atoms with Crippen molar-refractivity contribution in [3.05, 3.63) is 52.0 Å². The van der Waals surface area contributed by atoms with E-state index in [2.05, 4.69) is 16.0 Å². The number of hydrogen-bond donors (Lipinski definition) is 3. The van der Waals surface area contributed by atoms with Crippen LogP contribution in [-0.2, 0) is 4.79 Å². The van der Waals surface area contributed by atoms with Crippen LogP contribution in [0.3, 0.4) is 0 Å². The highest BCUT2D eigenvalue weighted by Crippen LogP contribution is 2.32. The molecule has 0 aromatic heterocycles. The quantitative estimate of drug-likeness (QED) is 0.680. The molecular formula is C19H19Cl2N3O4. The van der Waals surface area contributed by atoms with Gasteiger partial charge in [0.15, 0.2) is 11.5 Å². The summed E-state index contributed by atoms with van der Waals surface area (Å²) in [6.45, 7) is 2.77. The number of benzene rings is 2. The zero-order valence-electron chi connectivity index (χ0n) is 15.1. The summed E-state index contributed by atoms with van der Waals surface area (Å²) < 4.78 is 10.9. The number of halogens is 2. The van der Waals surface area contributed by atoms with Crippen molar-refractivity contribution < 1.29 is 19.1 Å². The molecule has 7 nitrogen and oxygen atoms in total. The molecule has 1 atom stereocenters. The molecule has 9 heteroatoms. The minimum absolute atomic E-state index is 0.0457. The maximum absolute atomic E-state index is 12.0. The van der Waals surface area contributed by atoms with Gasteiger partial charge in [-0.1, -0.05) is 29.3 Å². The van der Waals surface area contributed by atoms with E-state index in [4.69, 9.17) is 32.7 Å². The Labute approximate surface area is 172 Å². The molecule has 3 rings (SSSR count). The predicted molar refractivity (Wildman–Crippen MR) is 107 cm³/mol. The largest absolute Gasteiger partial charge is 0.486 e. The van der Waals surface area contributed by atoms with Gasteiger partial charge in [0.2, 0.25) is 5.91 Å². The Hall–Kier alpha value is -2.48. The van der Waals surface area contributed by atoms with Gasteiger partial charge < -0.3 is 20.1 Å². The van der Waals surface area contributed by atoms with Gasteiger partial charge in [-0.15, -0.1) is 0 Å². The third-order valence-electron chi connectivity index (χ3n) is 4.07. The van der Waals surface area contributed by atoms with Gasteiger partial charge in [0.1, 0.15) is 13.2 Å². The molecule has 3 N–H and O–H groups in total. The Morgan fingerprint density at radius 1 is 1.04 bits per heavy atom. The first kappa shape index (κ1) is 20.3. The Balaban J connectivity index is 1.47. The number of carbonyl (C=O) groups is 2. The molecule has 1 unspecified atom stereocenters. The van der Waals surface area contributed by atoms with Crippen LogP contribution in [0, 0.1) is 0 Å². The third-order valence-corrected chi connectivity index (χ3v) is 4.80. The molecule has 3 amide bonds. The number of rotatable bonds is 5. The number of fused-ring (bicyclic) bond motifs is 1. The molecule has 1 aliphatic heterocycles. The van der Waals surface area contributed by atoms with Crippen molar-refractivity contribution in [2.75, 3.05) is 25.1 Å². The number of imide groups is 1. The zero-order chi connectivity index (χ0) is 20.1. The number of urea groups is 1. The summed E-state index contributed by atoms with van der Waals surface area (Å²) in [6.07, 6.45) is 0. The summed E-state index contributed by atoms with van der Waals surface area (Å²) in [7, 11) is 0. The highest BCUT2D eigenvalue weighted by atomic mass is 35.5. The summed E-state index contributed by atoms with van der Waals surface area (Å²) in [6, 6.07) is 9.47. The number of carbonyl (C=O) groups excluding carboxylic acids is 2. The third kappa shape index (κ3) is 5.28. The Morgan fingerprint density at radius 3 is 2.54 bits per heavy atom. The fourth-order valence-electron chi connectivity index (χ4n) is 2.60. The predicted octanol–water partition coefficient (Wildman–Crippen LogP) is 3.76. The lowest BCUT2D eigenvalue weighted by Gasteiger charge is -2.19. The van der Waals surface area contributed by atoms with E-state index in [1.165, 1.54) is 0 Å². The maximum Gasteiger partial charge on any atom is 0.325 e. The van der Waals surface area contributed by atoms with E-state index in [9.17, 15) is 9.59 Å². The second kappa shape index (κ2) is 9.14. The summed E-state index contributed by atoms with van der Waals surface area (Å²) in [4.78, 5) is 24.0. The SMILES string of the molecule is CC(NCC(=O)NC(=O)Nc1ccc2c(c1)OCCO2)c1ccc(Cl)c(Cl)c1. The van der Waals surface area contributed by atoms with Crippen molar-refractivity contribution in [2.24, 2.45) is 0 Å². The van der Waals surface area contributed by atoms with E-state index in [1.54, 1.807) is 30.3 Å². The Bertz CT molecular complexity index is 891. The van der Waals surface area contributed by atoms with E-state index in [0.29, 0.717) is 40.4 Å². The lowest BCUT2D eigenvalue weighted by atomic mass is 10.1. The van der Waals surface area contributed by atoms with Crippen molar-refractivity contribution in [1.29, 1.82) is 0 Å². The molecule has 1 heterocycles. The number of nitrogens with one attached hydrogen (secondary N) is 3. The number of anilines is 1. The van der Waals surface area contributed by atoms with E-state index >= 15 is 0 Å². The lowest BCUT2D eigenvalue weighted by Crippen LogP contribution is -2.40. The van der Waals surface area contributed by atoms with Gasteiger partial charge in [0, 0.05) is 17.8 Å². The first-order valence-corrected chi connectivity index (χ1v) is 9.37. The van der Waals surface area contributed by atoms with Crippen LogP contribution in [0.5, 0.6) is 11.5 Å². The smallest absolute Gasteiger partial charge is 0.325 e. The monoisotopic (exact) mass is 423 g/mol. The molecule has 0 fully saturated rings. The van der Waals surface area contributed by atoms with Crippen LogP contribution in [0.25, 0.3) is 0 Å². The maximum atomic E-state index is 12.0. The van der Waals surface area contributed by atoms with Gasteiger partial charge in [0.05, 0.1) is 16.6 Å². The van der Waals surface area contributed by atoms with Gasteiger partial charge in [-0.05, 0) is 36.8 Å². The van der Waals surface area contributed by atoms with E-state index in [0.717, 1.165) is 5.56 Å². The second-order valence-corrected chi connectivity index (χ2v) is 6.95. The Kier molecular flexibility index (Phi) is 6.61. The topological polar surface area (TPSA) is 88.7 Å². The summed E-state index contributed by atoms with van der Waals surface area (Å²) in [5.41, 5.74) is 1.37. The van der Waals surface area contributed by atoms with Crippen LogP contribution in [0.15, 0.2) is 36.4 Å². The van der Waals surface area contributed by atoms with Gasteiger partial charge in [0.25, 0.3) is 0 Å². The van der Waals surface area contributed by atoms with E-state index in [-0.39, 0.29) is 12.6 Å². The average Bonchev–Trinajstić information content (AvgIpc) is 2.68. The average molecular weight is 424 g/mol. The van der Waals surface area contributed by atoms with Crippen molar-refractivity contribution in [3.63, 3.8) is 0 Å². The summed E-state index contributed by atoms with van der Waals surface area (Å²) in [5, 5.41) is 8.78. The highest BCUT2D eigenvalue weighted by Gasteiger charge is 2.14. The molecule has 0 saturated carbocycles. The molecule has 0 aliphatic carbocycles. The fourth-order valence-corrected chi connectivity index (χ4v) is 2.91. The van der Waals surface area contributed by atoms with Crippen LogP contribution in [0.2, 0.25) is 10.0 Å². The first-order chi connectivity index (χ1) is 13.4. The van der Waals surface area contributed by atoms with Crippen LogP contribution >= 0.6 is 23.2 Å². The highest BCUT2D eigenvalue weighted by molar-refractivity contribution is 6.42. The van der Waals surface area contributed by atoms with Gasteiger partial charge in [-0.3, -0.25) is 10.1 Å². The van der Waals surface area contributed by atoms with Crippen LogP contribution in [0.4, 0.5) is 10.5 Å². The number of hydrogen-bond acceptors (Lipinski definition) is 5. The van der Waals surface area contributed by atoms with Gasteiger partial charge in [-0.25, -0.2) is 4.79 Å². The normalized spacial score (nSPS) is 13.5. The molecule has 2 aromatic rings. The van der Waals surface area contributed by atoms with Crippen LogP contribution in [0.1, 0.15) is 18.5 Å². The molecule has 0 spiro atoms. The van der Waals surface area contributed by atoms with E-state index in [1.807, 2.05) is 13.0 Å². The first-order valence-electron chi connectivity index (χ1n) is 8.61. The molecule has 0 saturated heterocycles. The molecule has 28 heavy (non-hydrogen) atoms.